The zero-order valence-electron chi connectivity index (χ0n) is 7.64. The van der Waals surface area contributed by atoms with Crippen LogP contribution < -0.4 is 0 Å². The Hall–Kier alpha value is -0.780. The van der Waals surface area contributed by atoms with Gasteiger partial charge in [-0.15, -0.1) is 0 Å². The van der Waals surface area contributed by atoms with Crippen LogP contribution in [0.3, 0.4) is 0 Å². The van der Waals surface area contributed by atoms with Crippen molar-refractivity contribution in [2.45, 2.75) is 25.1 Å². The number of alkyl halides is 3. The Labute approximate surface area is 74.1 Å². The van der Waals surface area contributed by atoms with Gasteiger partial charge in [0.05, 0.1) is 6.42 Å². The molecule has 0 saturated carbocycles. The zero-order chi connectivity index (χ0) is 10.9. The topological polar surface area (TPSA) is 40.5 Å². The predicted octanol–water partition coefficient (Wildman–Crippen LogP) is 0.778. The summed E-state index contributed by atoms with van der Waals surface area (Å²) in [6.45, 7) is 0.850. The maximum atomic E-state index is 11.8. The van der Waals surface area contributed by atoms with Crippen molar-refractivity contribution >= 4 is 5.91 Å². The lowest BCUT2D eigenvalue weighted by Gasteiger charge is -2.26. The molecule has 0 aliphatic carbocycles. The highest BCUT2D eigenvalue weighted by Gasteiger charge is 2.43. The van der Waals surface area contributed by atoms with Crippen LogP contribution in [0.5, 0.6) is 0 Å². The van der Waals surface area contributed by atoms with E-state index in [1.807, 2.05) is 0 Å². The highest BCUT2D eigenvalue weighted by atomic mass is 19.4. The molecule has 0 bridgehead atoms. The van der Waals surface area contributed by atoms with Gasteiger partial charge in [-0.3, -0.25) is 4.79 Å². The molecule has 0 aliphatic rings. The number of carbonyl (C=O) groups excluding carboxylic acids is 1. The lowest BCUT2D eigenvalue weighted by Crippen LogP contribution is -2.46. The summed E-state index contributed by atoms with van der Waals surface area (Å²) in [5, 5.41) is 9.18. The van der Waals surface area contributed by atoms with Crippen molar-refractivity contribution < 1.29 is 23.1 Å². The molecular formula is C7H12F3NO2. The van der Waals surface area contributed by atoms with Crippen molar-refractivity contribution in [1.82, 2.24) is 4.90 Å². The summed E-state index contributed by atoms with van der Waals surface area (Å²) in [6.07, 6.45) is -6.08. The molecule has 0 aromatic carbocycles. The van der Waals surface area contributed by atoms with E-state index in [0.717, 1.165) is 11.8 Å². The van der Waals surface area contributed by atoms with Gasteiger partial charge in [0.1, 0.15) is 5.60 Å². The van der Waals surface area contributed by atoms with Gasteiger partial charge in [0, 0.05) is 14.1 Å². The van der Waals surface area contributed by atoms with Crippen LogP contribution in [0.4, 0.5) is 13.2 Å². The lowest BCUT2D eigenvalue weighted by atomic mass is 10.0. The first-order chi connectivity index (χ1) is 5.56. The first kappa shape index (κ1) is 12.2. The summed E-state index contributed by atoms with van der Waals surface area (Å²) in [4.78, 5) is 11.9. The lowest BCUT2D eigenvalue weighted by molar-refractivity contribution is -0.185. The SMILES string of the molecule is CN(C)C(=O)C(C)(O)CC(F)(F)F. The van der Waals surface area contributed by atoms with Crippen molar-refractivity contribution in [1.29, 1.82) is 0 Å². The van der Waals surface area contributed by atoms with Gasteiger partial charge in [0.2, 0.25) is 0 Å². The van der Waals surface area contributed by atoms with Crippen LogP contribution in [0.1, 0.15) is 13.3 Å². The number of hydrogen-bond donors (Lipinski definition) is 1. The van der Waals surface area contributed by atoms with Crippen LogP contribution in [0.15, 0.2) is 0 Å². The van der Waals surface area contributed by atoms with E-state index >= 15 is 0 Å². The smallest absolute Gasteiger partial charge is 0.380 e. The van der Waals surface area contributed by atoms with E-state index in [9.17, 15) is 23.1 Å². The van der Waals surface area contributed by atoms with Gasteiger partial charge in [-0.1, -0.05) is 0 Å². The number of likely N-dealkylation sites (N-methyl/N-ethyl adjacent to an activating group) is 1. The summed E-state index contributed by atoms with van der Waals surface area (Å²) >= 11 is 0. The Morgan fingerprint density at radius 2 is 1.77 bits per heavy atom. The van der Waals surface area contributed by atoms with E-state index in [1.54, 1.807) is 0 Å². The summed E-state index contributed by atoms with van der Waals surface area (Å²) < 4.78 is 35.5. The Bertz CT molecular complexity index is 198. The van der Waals surface area contributed by atoms with Gasteiger partial charge in [-0.05, 0) is 6.92 Å². The van der Waals surface area contributed by atoms with E-state index in [0.29, 0.717) is 0 Å². The molecule has 0 aliphatic heterocycles. The van der Waals surface area contributed by atoms with Crippen LogP contribution in [-0.4, -0.2) is 41.8 Å². The van der Waals surface area contributed by atoms with Crippen molar-refractivity contribution in [2.75, 3.05) is 14.1 Å². The summed E-state index contributed by atoms with van der Waals surface area (Å²) in [6, 6.07) is 0. The first-order valence-electron chi connectivity index (χ1n) is 3.57. The highest BCUT2D eigenvalue weighted by Crippen LogP contribution is 2.28. The van der Waals surface area contributed by atoms with Crippen molar-refractivity contribution in [3.8, 4) is 0 Å². The number of halogens is 3. The van der Waals surface area contributed by atoms with Gasteiger partial charge in [0.15, 0.2) is 0 Å². The molecule has 0 radical (unpaired) electrons. The predicted molar refractivity (Wildman–Crippen MR) is 40.0 cm³/mol. The van der Waals surface area contributed by atoms with Crippen LogP contribution in [0.25, 0.3) is 0 Å². The fourth-order valence-corrected chi connectivity index (χ4v) is 0.948. The molecule has 3 nitrogen and oxygen atoms in total. The van der Waals surface area contributed by atoms with Gasteiger partial charge >= 0.3 is 6.18 Å². The van der Waals surface area contributed by atoms with Crippen LogP contribution in [0.2, 0.25) is 0 Å². The molecule has 0 fully saturated rings. The second-order valence-electron chi connectivity index (χ2n) is 3.27. The highest BCUT2D eigenvalue weighted by molar-refractivity contribution is 5.84. The average Bonchev–Trinajstić information content (AvgIpc) is 1.80. The molecule has 1 atom stereocenters. The van der Waals surface area contributed by atoms with E-state index < -0.39 is 24.1 Å². The molecule has 0 rings (SSSR count). The third-order valence-electron chi connectivity index (χ3n) is 1.41. The summed E-state index contributed by atoms with van der Waals surface area (Å²) in [7, 11) is 2.57. The summed E-state index contributed by atoms with van der Waals surface area (Å²) in [5.41, 5.74) is -2.37. The molecule has 0 heterocycles. The minimum atomic E-state index is -4.55. The van der Waals surface area contributed by atoms with Gasteiger partial charge in [0.25, 0.3) is 5.91 Å². The zero-order valence-corrected chi connectivity index (χ0v) is 7.64. The number of carbonyl (C=O) groups is 1. The quantitative estimate of drug-likeness (QED) is 0.713. The Morgan fingerprint density at radius 1 is 1.38 bits per heavy atom. The average molecular weight is 199 g/mol. The standard InChI is InChI=1S/C7H12F3NO2/c1-6(13,4-7(8,9)10)5(12)11(2)3/h13H,4H2,1-3H3. The normalized spacial score (nSPS) is 16.5. The van der Waals surface area contributed by atoms with E-state index in [2.05, 4.69) is 0 Å². The Morgan fingerprint density at radius 3 is 2.00 bits per heavy atom. The second kappa shape index (κ2) is 3.53. The minimum absolute atomic E-state index is 0.850. The van der Waals surface area contributed by atoms with Crippen molar-refractivity contribution in [3.05, 3.63) is 0 Å². The number of aliphatic hydroxyl groups is 1. The second-order valence-corrected chi connectivity index (χ2v) is 3.27. The number of nitrogens with zero attached hydrogens (tertiary/aromatic N) is 1. The number of amides is 1. The number of rotatable bonds is 2. The van der Waals surface area contributed by atoms with Gasteiger partial charge in [-0.25, -0.2) is 0 Å². The molecule has 0 aromatic heterocycles. The van der Waals surface area contributed by atoms with Crippen LogP contribution in [0, 0.1) is 0 Å². The molecular weight excluding hydrogens is 187 g/mol. The molecule has 78 valence electrons. The molecule has 0 aromatic rings. The van der Waals surface area contributed by atoms with Crippen LogP contribution >= 0.6 is 0 Å². The largest absolute Gasteiger partial charge is 0.392 e. The molecule has 0 spiro atoms. The summed E-state index contributed by atoms with van der Waals surface area (Å²) in [5.74, 6) is -0.954. The monoisotopic (exact) mass is 199 g/mol. The van der Waals surface area contributed by atoms with Crippen LogP contribution in [-0.2, 0) is 4.79 Å². The van der Waals surface area contributed by atoms with Gasteiger partial charge in [-0.2, -0.15) is 13.2 Å². The third kappa shape index (κ3) is 4.12. The maximum absolute atomic E-state index is 11.8. The molecule has 0 saturated heterocycles. The van der Waals surface area contributed by atoms with Gasteiger partial charge < -0.3 is 10.0 Å². The Kier molecular flexibility index (Phi) is 3.32. The van der Waals surface area contributed by atoms with Crippen molar-refractivity contribution in [2.24, 2.45) is 0 Å². The maximum Gasteiger partial charge on any atom is 0.392 e. The van der Waals surface area contributed by atoms with E-state index in [1.165, 1.54) is 14.1 Å². The fraction of sp³-hybridized carbons (Fsp3) is 0.857. The third-order valence-corrected chi connectivity index (χ3v) is 1.41. The van der Waals surface area contributed by atoms with Crippen molar-refractivity contribution in [3.63, 3.8) is 0 Å². The number of hydrogen-bond acceptors (Lipinski definition) is 2. The van der Waals surface area contributed by atoms with E-state index in [4.69, 9.17) is 0 Å². The molecule has 13 heavy (non-hydrogen) atoms. The van der Waals surface area contributed by atoms with E-state index in [-0.39, 0.29) is 0 Å². The molecule has 1 unspecified atom stereocenters. The molecule has 1 amide bonds. The molecule has 1 N–H and O–H groups in total. The fourth-order valence-electron chi connectivity index (χ4n) is 0.948. The Balaban J connectivity index is 4.49. The molecule has 6 heteroatoms. The first-order valence-corrected chi connectivity index (χ1v) is 3.57. The minimum Gasteiger partial charge on any atom is -0.380 e.